The predicted octanol–water partition coefficient (Wildman–Crippen LogP) is 2.63. The molecular weight excluding hydrogens is 172 g/mol. The fraction of sp³-hybridized carbons (Fsp3) is 0.889. The van der Waals surface area contributed by atoms with Crippen LogP contribution in [0.5, 0.6) is 0 Å². The summed E-state index contributed by atoms with van der Waals surface area (Å²) in [5, 5.41) is 8.60. The molecule has 0 spiro atoms. The number of carbonyl (C=O) groups is 1. The van der Waals surface area contributed by atoms with Gasteiger partial charge in [0.1, 0.15) is 5.25 Å². The van der Waals surface area contributed by atoms with Crippen molar-refractivity contribution in [2.24, 2.45) is 5.92 Å². The number of carboxylic acids is 1. The van der Waals surface area contributed by atoms with Crippen LogP contribution in [0.15, 0.2) is 0 Å². The highest BCUT2D eigenvalue weighted by atomic mass is 32.2. The van der Waals surface area contributed by atoms with Crippen molar-refractivity contribution in [2.75, 3.05) is 5.75 Å². The Morgan fingerprint density at radius 3 is 2.42 bits per heavy atom. The van der Waals surface area contributed by atoms with Crippen LogP contribution in [-0.2, 0) is 4.79 Å². The van der Waals surface area contributed by atoms with Gasteiger partial charge in [-0.15, -0.1) is 11.8 Å². The van der Waals surface area contributed by atoms with E-state index in [4.69, 9.17) is 5.11 Å². The molecule has 0 aromatic carbocycles. The molecule has 1 unspecified atom stereocenters. The number of rotatable bonds is 6. The van der Waals surface area contributed by atoms with Gasteiger partial charge >= 0.3 is 5.97 Å². The molecule has 1 N–H and O–H groups in total. The van der Waals surface area contributed by atoms with Gasteiger partial charge in [0.2, 0.25) is 0 Å². The molecule has 0 aliphatic heterocycles. The number of aliphatic carboxylic acids is 1. The van der Waals surface area contributed by atoms with E-state index in [0.717, 1.165) is 18.6 Å². The van der Waals surface area contributed by atoms with E-state index < -0.39 is 5.97 Å². The van der Waals surface area contributed by atoms with Crippen molar-refractivity contribution in [1.82, 2.24) is 0 Å². The summed E-state index contributed by atoms with van der Waals surface area (Å²) < 4.78 is 0. The Balaban J connectivity index is 3.72. The van der Waals surface area contributed by atoms with Crippen LogP contribution in [0.2, 0.25) is 0 Å². The SMILES string of the molecule is CCCCSC(C(=O)O)C(C)C. The van der Waals surface area contributed by atoms with Gasteiger partial charge < -0.3 is 5.11 Å². The zero-order chi connectivity index (χ0) is 9.56. The largest absolute Gasteiger partial charge is 0.480 e. The normalized spacial score (nSPS) is 13.3. The van der Waals surface area contributed by atoms with E-state index >= 15 is 0 Å². The van der Waals surface area contributed by atoms with Gasteiger partial charge in [-0.25, -0.2) is 0 Å². The zero-order valence-electron chi connectivity index (χ0n) is 8.04. The van der Waals surface area contributed by atoms with Crippen molar-refractivity contribution in [3.8, 4) is 0 Å². The Morgan fingerprint density at radius 1 is 1.50 bits per heavy atom. The van der Waals surface area contributed by atoms with E-state index in [1.54, 1.807) is 11.8 Å². The molecule has 1 atom stereocenters. The monoisotopic (exact) mass is 190 g/mol. The molecule has 3 heteroatoms. The van der Waals surface area contributed by atoms with Crippen LogP contribution in [0.4, 0.5) is 0 Å². The Kier molecular flexibility index (Phi) is 6.25. The minimum absolute atomic E-state index is 0.225. The molecule has 0 heterocycles. The molecule has 72 valence electrons. The van der Waals surface area contributed by atoms with Crippen LogP contribution in [0.3, 0.4) is 0 Å². The average Bonchev–Trinajstić information content (AvgIpc) is 1.96. The number of thioether (sulfide) groups is 1. The van der Waals surface area contributed by atoms with Crippen LogP contribution < -0.4 is 0 Å². The minimum atomic E-state index is -0.675. The lowest BCUT2D eigenvalue weighted by Crippen LogP contribution is -2.22. The molecule has 0 aromatic rings. The molecule has 0 bridgehead atoms. The van der Waals surface area contributed by atoms with Crippen LogP contribution >= 0.6 is 11.8 Å². The quantitative estimate of drug-likeness (QED) is 0.654. The number of unbranched alkanes of at least 4 members (excludes halogenated alkanes) is 1. The van der Waals surface area contributed by atoms with Crippen molar-refractivity contribution >= 4 is 17.7 Å². The third-order valence-corrected chi connectivity index (χ3v) is 3.27. The second-order valence-corrected chi connectivity index (χ2v) is 4.48. The predicted molar refractivity (Wildman–Crippen MR) is 53.6 cm³/mol. The minimum Gasteiger partial charge on any atom is -0.480 e. The molecule has 0 amide bonds. The second kappa shape index (κ2) is 6.35. The van der Waals surface area contributed by atoms with Crippen LogP contribution in [0.25, 0.3) is 0 Å². The summed E-state index contributed by atoms with van der Waals surface area (Å²) in [6.07, 6.45) is 2.25. The maximum atomic E-state index is 10.7. The van der Waals surface area contributed by atoms with E-state index in [0.29, 0.717) is 0 Å². The summed E-state index contributed by atoms with van der Waals surface area (Å²) in [4.78, 5) is 10.7. The van der Waals surface area contributed by atoms with Crippen molar-refractivity contribution in [3.63, 3.8) is 0 Å². The maximum absolute atomic E-state index is 10.7. The summed E-state index contributed by atoms with van der Waals surface area (Å²) in [5.74, 6) is 0.515. The van der Waals surface area contributed by atoms with Gasteiger partial charge in [0.15, 0.2) is 0 Å². The summed E-state index contributed by atoms with van der Waals surface area (Å²) in [7, 11) is 0. The lowest BCUT2D eigenvalue weighted by Gasteiger charge is -2.14. The van der Waals surface area contributed by atoms with Gasteiger partial charge in [-0.2, -0.15) is 0 Å². The van der Waals surface area contributed by atoms with Gasteiger partial charge in [0.05, 0.1) is 0 Å². The van der Waals surface area contributed by atoms with Crippen LogP contribution in [0, 0.1) is 5.92 Å². The van der Waals surface area contributed by atoms with Crippen LogP contribution in [0.1, 0.15) is 33.6 Å². The Morgan fingerprint density at radius 2 is 2.08 bits per heavy atom. The molecule has 12 heavy (non-hydrogen) atoms. The van der Waals surface area contributed by atoms with E-state index in [1.165, 1.54) is 0 Å². The molecule has 2 nitrogen and oxygen atoms in total. The van der Waals surface area contributed by atoms with Gasteiger partial charge in [-0.1, -0.05) is 27.2 Å². The molecule has 0 fully saturated rings. The summed E-state index contributed by atoms with van der Waals surface area (Å²) >= 11 is 1.56. The molecule has 0 saturated heterocycles. The third-order valence-electron chi connectivity index (χ3n) is 1.64. The van der Waals surface area contributed by atoms with Gasteiger partial charge in [0.25, 0.3) is 0 Å². The highest BCUT2D eigenvalue weighted by Crippen LogP contribution is 2.20. The fourth-order valence-corrected chi connectivity index (χ4v) is 2.14. The number of hydrogen-bond acceptors (Lipinski definition) is 2. The molecule has 0 aliphatic rings. The molecule has 0 aliphatic carbocycles. The Labute approximate surface area is 78.7 Å². The first-order valence-corrected chi connectivity index (χ1v) is 5.48. The topological polar surface area (TPSA) is 37.3 Å². The molecular formula is C9H18O2S. The van der Waals surface area contributed by atoms with Gasteiger partial charge in [0, 0.05) is 0 Å². The van der Waals surface area contributed by atoms with E-state index in [1.807, 2.05) is 13.8 Å². The van der Waals surface area contributed by atoms with E-state index in [-0.39, 0.29) is 11.2 Å². The lowest BCUT2D eigenvalue weighted by molar-refractivity contribution is -0.137. The van der Waals surface area contributed by atoms with Crippen molar-refractivity contribution in [1.29, 1.82) is 0 Å². The van der Waals surface area contributed by atoms with Gasteiger partial charge in [-0.05, 0) is 18.1 Å². The third kappa shape index (κ3) is 4.65. The first-order valence-electron chi connectivity index (χ1n) is 4.44. The Bertz CT molecular complexity index is 134. The van der Waals surface area contributed by atoms with Crippen molar-refractivity contribution in [3.05, 3.63) is 0 Å². The smallest absolute Gasteiger partial charge is 0.316 e. The summed E-state index contributed by atoms with van der Waals surface area (Å²) in [6.45, 7) is 6.03. The zero-order valence-corrected chi connectivity index (χ0v) is 8.86. The Hall–Kier alpha value is -0.180. The van der Waals surface area contributed by atoms with Gasteiger partial charge in [-0.3, -0.25) is 4.79 Å². The molecule has 0 saturated carbocycles. The summed E-state index contributed by atoms with van der Waals surface area (Å²) in [6, 6.07) is 0. The molecule has 0 rings (SSSR count). The highest BCUT2D eigenvalue weighted by molar-refractivity contribution is 8.00. The molecule has 0 aromatic heterocycles. The first-order chi connectivity index (χ1) is 5.59. The van der Waals surface area contributed by atoms with Crippen molar-refractivity contribution in [2.45, 2.75) is 38.9 Å². The fourth-order valence-electron chi connectivity index (χ4n) is 0.904. The average molecular weight is 190 g/mol. The van der Waals surface area contributed by atoms with Crippen molar-refractivity contribution < 1.29 is 9.90 Å². The van der Waals surface area contributed by atoms with E-state index in [9.17, 15) is 4.79 Å². The number of hydrogen-bond donors (Lipinski definition) is 1. The first kappa shape index (κ1) is 11.8. The maximum Gasteiger partial charge on any atom is 0.316 e. The summed E-state index contributed by atoms with van der Waals surface area (Å²) in [5.41, 5.74) is 0. The molecule has 0 radical (unpaired) electrons. The lowest BCUT2D eigenvalue weighted by atomic mass is 10.1. The highest BCUT2D eigenvalue weighted by Gasteiger charge is 2.20. The number of carboxylic acid groups (broad SMARTS) is 1. The second-order valence-electron chi connectivity index (χ2n) is 3.23. The standard InChI is InChI=1S/C9H18O2S/c1-4-5-6-12-8(7(2)3)9(10)11/h7-8H,4-6H2,1-3H3,(H,10,11). The van der Waals surface area contributed by atoms with E-state index in [2.05, 4.69) is 6.92 Å². The van der Waals surface area contributed by atoms with Crippen LogP contribution in [-0.4, -0.2) is 22.1 Å².